The minimum absolute atomic E-state index is 0.0828. The summed E-state index contributed by atoms with van der Waals surface area (Å²) in [5.74, 6) is -0.0804. The van der Waals surface area contributed by atoms with E-state index in [1.807, 2.05) is 6.92 Å². The lowest BCUT2D eigenvalue weighted by Gasteiger charge is -2.23. The van der Waals surface area contributed by atoms with Gasteiger partial charge in [0.1, 0.15) is 18.0 Å². The van der Waals surface area contributed by atoms with Crippen LogP contribution in [0.25, 0.3) is 0 Å². The third-order valence-electron chi connectivity index (χ3n) is 4.78. The van der Waals surface area contributed by atoms with E-state index in [0.29, 0.717) is 28.6 Å². The zero-order valence-corrected chi connectivity index (χ0v) is 20.3. The average Bonchev–Trinajstić information content (AvgIpc) is 2.84. The van der Waals surface area contributed by atoms with Crippen molar-refractivity contribution < 1.29 is 24.2 Å². The molecule has 2 N–H and O–H groups in total. The predicted molar refractivity (Wildman–Crippen MR) is 134 cm³/mol. The molecule has 36 heavy (non-hydrogen) atoms. The number of likely N-dealkylation sites (N-methyl/N-ethyl adjacent to an activating group) is 1. The molecule has 0 aliphatic carbocycles. The zero-order valence-electron chi connectivity index (χ0n) is 19.6. The van der Waals surface area contributed by atoms with E-state index in [0.717, 1.165) is 16.2 Å². The van der Waals surface area contributed by atoms with Gasteiger partial charge in [0.2, 0.25) is 12.4 Å². The molecule has 0 spiro atoms. The summed E-state index contributed by atoms with van der Waals surface area (Å²) in [6.07, 6.45) is 2.17. The number of urea groups is 1. The molecule has 3 rings (SSSR count). The highest BCUT2D eigenvalue weighted by molar-refractivity contribution is 6.30. The Balaban J connectivity index is 1.85. The first-order chi connectivity index (χ1) is 17.2. The summed E-state index contributed by atoms with van der Waals surface area (Å²) in [6, 6.07) is 16.3. The number of carboxylic acids is 1. The molecule has 0 atom stereocenters. The number of hydrogen-bond acceptors (Lipinski definition) is 6. The van der Waals surface area contributed by atoms with Gasteiger partial charge in [0.25, 0.3) is 0 Å². The van der Waals surface area contributed by atoms with Crippen molar-refractivity contribution in [1.29, 1.82) is 0 Å². The summed E-state index contributed by atoms with van der Waals surface area (Å²) in [4.78, 5) is 46.2. The molecule has 0 aliphatic heterocycles. The molecule has 0 fully saturated rings. The number of nitrogens with one attached hydrogen (secondary N) is 1. The van der Waals surface area contributed by atoms with E-state index in [1.54, 1.807) is 66.9 Å². The Kier molecular flexibility index (Phi) is 8.95. The summed E-state index contributed by atoms with van der Waals surface area (Å²) in [5, 5.41) is 12.0. The van der Waals surface area contributed by atoms with Crippen molar-refractivity contribution in [2.75, 3.05) is 13.6 Å². The number of ether oxygens (including phenoxy) is 1. The second kappa shape index (κ2) is 12.3. The van der Waals surface area contributed by atoms with Gasteiger partial charge in [-0.25, -0.2) is 9.79 Å². The van der Waals surface area contributed by atoms with Crippen LogP contribution in [-0.2, 0) is 16.1 Å². The highest BCUT2D eigenvalue weighted by Crippen LogP contribution is 2.24. The number of nitrogens with zero attached hydrogens (tertiary/aromatic N) is 4. The fraction of sp³-hybridized carbons (Fsp3) is 0.160. The Morgan fingerprint density at radius 2 is 1.81 bits per heavy atom. The van der Waals surface area contributed by atoms with Gasteiger partial charge in [0.15, 0.2) is 0 Å². The smallest absolute Gasteiger partial charge is 0.324 e. The molecular weight excluding hydrogens is 486 g/mol. The van der Waals surface area contributed by atoms with Crippen LogP contribution in [0.3, 0.4) is 0 Å². The molecule has 2 aromatic carbocycles. The molecule has 186 valence electrons. The number of benzene rings is 2. The van der Waals surface area contributed by atoms with Crippen LogP contribution < -0.4 is 10.1 Å². The number of carbonyl (C=O) groups is 3. The molecule has 10 nitrogen and oxygen atoms in total. The number of carbonyl (C=O) groups excluding carboxylic acids is 2. The van der Waals surface area contributed by atoms with E-state index in [-0.39, 0.29) is 12.5 Å². The standard InChI is InChI=1S/C25H24ClN5O5/c1-17-13-22(11-12-27-17)36-21-9-7-20(8-10-21)28-24(29-25(35)30(2)15-23(33)34)31(16-32)14-18-3-5-19(26)6-4-18/h3-13,16H,14-15H2,1-2H3,(H,33,34)(H,28,29,35). The fourth-order valence-corrected chi connectivity index (χ4v) is 3.13. The van der Waals surface area contributed by atoms with Gasteiger partial charge in [-0.2, -0.15) is 0 Å². The number of pyridine rings is 1. The molecule has 11 heteroatoms. The van der Waals surface area contributed by atoms with E-state index >= 15 is 0 Å². The Hall–Kier alpha value is -4.44. The van der Waals surface area contributed by atoms with Crippen molar-refractivity contribution in [3.05, 3.63) is 83.1 Å². The summed E-state index contributed by atoms with van der Waals surface area (Å²) < 4.78 is 5.81. The average molecular weight is 510 g/mol. The van der Waals surface area contributed by atoms with Crippen LogP contribution >= 0.6 is 11.6 Å². The molecule has 0 saturated carbocycles. The summed E-state index contributed by atoms with van der Waals surface area (Å²) in [7, 11) is 1.32. The number of aliphatic carboxylic acids is 1. The SMILES string of the molecule is Cc1cc(Oc2ccc(N=C(NC(=O)N(C)CC(=O)O)N(C=O)Cc3ccc(Cl)cc3)cc2)ccn1. The molecular formula is C25H24ClN5O5. The van der Waals surface area contributed by atoms with Gasteiger partial charge in [-0.05, 0) is 55.0 Å². The number of hydrogen-bond donors (Lipinski definition) is 2. The molecule has 1 aromatic heterocycles. The molecule has 0 radical (unpaired) electrons. The Morgan fingerprint density at radius 3 is 2.42 bits per heavy atom. The van der Waals surface area contributed by atoms with E-state index in [4.69, 9.17) is 21.4 Å². The van der Waals surface area contributed by atoms with Crippen LogP contribution in [0.4, 0.5) is 10.5 Å². The molecule has 0 unspecified atom stereocenters. The maximum Gasteiger partial charge on any atom is 0.324 e. The number of amides is 3. The number of aromatic nitrogens is 1. The van der Waals surface area contributed by atoms with Gasteiger partial charge < -0.3 is 14.7 Å². The van der Waals surface area contributed by atoms with E-state index in [1.165, 1.54) is 11.9 Å². The van der Waals surface area contributed by atoms with E-state index in [2.05, 4.69) is 15.3 Å². The van der Waals surface area contributed by atoms with Crippen LogP contribution in [0, 0.1) is 6.92 Å². The lowest BCUT2D eigenvalue weighted by atomic mass is 10.2. The first kappa shape index (κ1) is 26.2. The van der Waals surface area contributed by atoms with Crippen molar-refractivity contribution in [2.45, 2.75) is 13.5 Å². The maximum absolute atomic E-state index is 12.6. The van der Waals surface area contributed by atoms with Gasteiger partial charge >= 0.3 is 12.0 Å². The van der Waals surface area contributed by atoms with Crippen LogP contribution in [-0.4, -0.2) is 57.9 Å². The Morgan fingerprint density at radius 1 is 1.11 bits per heavy atom. The molecule has 3 amide bonds. The second-order valence-electron chi connectivity index (χ2n) is 7.70. The van der Waals surface area contributed by atoms with Crippen LogP contribution in [0.15, 0.2) is 71.9 Å². The van der Waals surface area contributed by atoms with E-state index in [9.17, 15) is 14.4 Å². The summed E-state index contributed by atoms with van der Waals surface area (Å²) in [5.41, 5.74) is 1.98. The van der Waals surface area contributed by atoms with Gasteiger partial charge in [0, 0.05) is 30.0 Å². The Labute approximate surface area is 212 Å². The molecule has 0 aliphatic rings. The highest BCUT2D eigenvalue weighted by atomic mass is 35.5. The predicted octanol–water partition coefficient (Wildman–Crippen LogP) is 4.21. The molecule has 3 aromatic rings. The number of guanidine groups is 1. The number of carboxylic acid groups (broad SMARTS) is 1. The molecule has 0 bridgehead atoms. The number of rotatable bonds is 8. The monoisotopic (exact) mass is 509 g/mol. The topological polar surface area (TPSA) is 124 Å². The molecule has 0 saturated heterocycles. The van der Waals surface area contributed by atoms with Crippen molar-refractivity contribution in [3.63, 3.8) is 0 Å². The minimum Gasteiger partial charge on any atom is -0.480 e. The fourth-order valence-electron chi connectivity index (χ4n) is 3.01. The van der Waals surface area contributed by atoms with Gasteiger partial charge in [-0.3, -0.25) is 24.8 Å². The summed E-state index contributed by atoms with van der Waals surface area (Å²) in [6.45, 7) is 1.42. The number of aryl methyl sites for hydroxylation is 1. The first-order valence-electron chi connectivity index (χ1n) is 10.7. The lowest BCUT2D eigenvalue weighted by molar-refractivity contribution is -0.137. The third kappa shape index (κ3) is 7.81. The Bertz CT molecular complexity index is 1250. The van der Waals surface area contributed by atoms with Gasteiger partial charge in [0.05, 0.1) is 12.2 Å². The highest BCUT2D eigenvalue weighted by Gasteiger charge is 2.19. The summed E-state index contributed by atoms with van der Waals surface area (Å²) >= 11 is 5.94. The maximum atomic E-state index is 12.6. The molecule has 1 heterocycles. The van der Waals surface area contributed by atoms with E-state index < -0.39 is 18.5 Å². The van der Waals surface area contributed by atoms with Crippen LogP contribution in [0.5, 0.6) is 11.5 Å². The third-order valence-corrected chi connectivity index (χ3v) is 5.03. The van der Waals surface area contributed by atoms with Crippen molar-refractivity contribution in [2.24, 2.45) is 4.99 Å². The van der Waals surface area contributed by atoms with Crippen LogP contribution in [0.1, 0.15) is 11.3 Å². The lowest BCUT2D eigenvalue weighted by Crippen LogP contribution is -2.48. The van der Waals surface area contributed by atoms with Crippen LogP contribution in [0.2, 0.25) is 5.02 Å². The van der Waals surface area contributed by atoms with Crippen molar-refractivity contribution in [1.82, 2.24) is 20.1 Å². The quantitative estimate of drug-likeness (QED) is 0.266. The largest absolute Gasteiger partial charge is 0.480 e. The zero-order chi connectivity index (χ0) is 26.1. The second-order valence-corrected chi connectivity index (χ2v) is 8.14. The van der Waals surface area contributed by atoms with Gasteiger partial charge in [-0.1, -0.05) is 23.7 Å². The van der Waals surface area contributed by atoms with Crippen molar-refractivity contribution >= 4 is 41.7 Å². The van der Waals surface area contributed by atoms with Crippen molar-refractivity contribution in [3.8, 4) is 11.5 Å². The minimum atomic E-state index is -1.18. The first-order valence-corrected chi connectivity index (χ1v) is 11.1. The van der Waals surface area contributed by atoms with Gasteiger partial charge in [-0.15, -0.1) is 0 Å². The normalized spacial score (nSPS) is 10.9. The number of halogens is 1. The number of aliphatic imine (C=N–C) groups is 1.